The molecule has 1 aromatic rings. The number of pyridine rings is 1. The molecule has 0 saturated carbocycles. The average Bonchev–Trinajstić information content (AvgIpc) is 2.40. The molecule has 19 heavy (non-hydrogen) atoms. The maximum atomic E-state index is 12.1. The van der Waals surface area contributed by atoms with Crippen molar-refractivity contribution in [2.45, 2.75) is 0 Å². The fraction of sp³-hybridized carbons (Fsp3) is 0.417. The minimum absolute atomic E-state index is 0.00170. The number of hydrogen-bond donors (Lipinski definition) is 1. The van der Waals surface area contributed by atoms with E-state index in [0.29, 0.717) is 13.1 Å². The maximum Gasteiger partial charge on any atom is 0.241 e. The summed E-state index contributed by atoms with van der Waals surface area (Å²) in [7, 11) is 1.59. The third kappa shape index (κ3) is 3.63. The van der Waals surface area contributed by atoms with Crippen LogP contribution < -0.4 is 10.2 Å². The van der Waals surface area contributed by atoms with Crippen LogP contribution in [0.15, 0.2) is 18.3 Å². The molecular weight excluding hydrogens is 359 g/mol. The van der Waals surface area contributed by atoms with E-state index < -0.39 is 0 Å². The summed E-state index contributed by atoms with van der Waals surface area (Å²) in [5, 5.41) is 2.56. The molecule has 0 radical (unpaired) electrons. The Morgan fingerprint density at radius 3 is 2.84 bits per heavy atom. The molecule has 2 amide bonds. The van der Waals surface area contributed by atoms with Gasteiger partial charge < -0.3 is 10.2 Å². The molecule has 0 aliphatic carbocycles. The van der Waals surface area contributed by atoms with Gasteiger partial charge in [0.05, 0.1) is 25.0 Å². The Hall–Kier alpha value is -1.22. The molecule has 2 rings (SSSR count). The van der Waals surface area contributed by atoms with Crippen molar-refractivity contribution in [3.8, 4) is 0 Å². The Morgan fingerprint density at radius 1 is 1.47 bits per heavy atom. The number of rotatable bonds is 3. The van der Waals surface area contributed by atoms with Gasteiger partial charge in [0, 0.05) is 20.1 Å². The van der Waals surface area contributed by atoms with Crippen molar-refractivity contribution in [1.29, 1.82) is 0 Å². The average molecular weight is 374 g/mol. The molecule has 0 spiro atoms. The Morgan fingerprint density at radius 2 is 2.26 bits per heavy atom. The molecular formula is C12H15IN4O2. The van der Waals surface area contributed by atoms with Crippen molar-refractivity contribution in [1.82, 2.24) is 15.2 Å². The van der Waals surface area contributed by atoms with E-state index in [1.807, 2.05) is 17.0 Å². The lowest BCUT2D eigenvalue weighted by Crippen LogP contribution is -2.52. The van der Waals surface area contributed by atoms with Crippen LogP contribution in [0.1, 0.15) is 0 Å². The molecule has 0 atom stereocenters. The molecule has 6 nitrogen and oxygen atoms in total. The molecule has 102 valence electrons. The largest absolute Gasteiger partial charge is 0.358 e. The number of piperazine rings is 1. The lowest BCUT2D eigenvalue weighted by molar-refractivity contribution is -0.125. The quantitative estimate of drug-likeness (QED) is 0.602. The lowest BCUT2D eigenvalue weighted by Gasteiger charge is -2.33. The van der Waals surface area contributed by atoms with E-state index in [1.165, 1.54) is 0 Å². The van der Waals surface area contributed by atoms with Gasteiger partial charge >= 0.3 is 0 Å². The summed E-state index contributed by atoms with van der Waals surface area (Å²) >= 11 is 2.13. The van der Waals surface area contributed by atoms with Crippen LogP contribution in [-0.2, 0) is 9.59 Å². The van der Waals surface area contributed by atoms with Crippen LogP contribution in [0.25, 0.3) is 0 Å². The van der Waals surface area contributed by atoms with E-state index in [4.69, 9.17) is 0 Å². The Balaban J connectivity index is 1.99. The predicted octanol–water partition coefficient (Wildman–Crippen LogP) is 0.0808. The minimum atomic E-state index is -0.0721. The predicted molar refractivity (Wildman–Crippen MR) is 79.8 cm³/mol. The third-order valence-corrected chi connectivity index (χ3v) is 3.61. The first-order valence-electron chi connectivity index (χ1n) is 5.95. The Kier molecular flexibility index (Phi) is 4.70. The van der Waals surface area contributed by atoms with Crippen molar-refractivity contribution in [3.63, 3.8) is 0 Å². The van der Waals surface area contributed by atoms with Crippen LogP contribution in [0, 0.1) is 3.70 Å². The standard InChI is InChI=1S/C12H15IN4O2/c1-14-11(18)7-16-4-5-17(12(19)8-16)9-2-3-10(13)15-6-9/h2-3,6H,4-5,7-8H2,1H3,(H,14,18). The Bertz CT molecular complexity index is 477. The molecule has 7 heteroatoms. The SMILES string of the molecule is CNC(=O)CN1CCN(c2ccc(I)nc2)C(=O)C1. The second kappa shape index (κ2) is 6.29. The first-order chi connectivity index (χ1) is 9.10. The molecule has 1 N–H and O–H groups in total. The van der Waals surface area contributed by atoms with E-state index in [9.17, 15) is 9.59 Å². The maximum absolute atomic E-state index is 12.1. The highest BCUT2D eigenvalue weighted by atomic mass is 127. The summed E-state index contributed by atoms with van der Waals surface area (Å²) < 4.78 is 0.895. The van der Waals surface area contributed by atoms with Gasteiger partial charge in [-0.2, -0.15) is 0 Å². The number of likely N-dealkylation sites (N-methyl/N-ethyl adjacent to an activating group) is 1. The molecule has 1 fully saturated rings. The number of halogens is 1. The zero-order valence-electron chi connectivity index (χ0n) is 10.6. The molecule has 1 aliphatic rings. The second-order valence-corrected chi connectivity index (χ2v) is 5.37. The van der Waals surface area contributed by atoms with Gasteiger partial charge in [-0.3, -0.25) is 14.5 Å². The van der Waals surface area contributed by atoms with Crippen LogP contribution in [0.2, 0.25) is 0 Å². The fourth-order valence-electron chi connectivity index (χ4n) is 1.94. The smallest absolute Gasteiger partial charge is 0.241 e. The first-order valence-corrected chi connectivity index (χ1v) is 7.03. The van der Waals surface area contributed by atoms with Crippen LogP contribution in [0.5, 0.6) is 0 Å². The van der Waals surface area contributed by atoms with Crippen molar-refractivity contribution < 1.29 is 9.59 Å². The fourth-order valence-corrected chi connectivity index (χ4v) is 2.26. The van der Waals surface area contributed by atoms with Crippen LogP contribution in [0.4, 0.5) is 5.69 Å². The number of anilines is 1. The van der Waals surface area contributed by atoms with Gasteiger partial charge in [-0.25, -0.2) is 4.98 Å². The summed E-state index contributed by atoms with van der Waals surface area (Å²) in [4.78, 5) is 31.1. The molecule has 0 aromatic carbocycles. The van der Waals surface area contributed by atoms with Crippen LogP contribution in [0.3, 0.4) is 0 Å². The van der Waals surface area contributed by atoms with E-state index in [0.717, 1.165) is 9.39 Å². The zero-order valence-corrected chi connectivity index (χ0v) is 12.8. The molecule has 0 unspecified atom stereocenters. The normalized spacial score (nSPS) is 16.5. The van der Waals surface area contributed by atoms with E-state index in [2.05, 4.69) is 32.9 Å². The minimum Gasteiger partial charge on any atom is -0.358 e. The van der Waals surface area contributed by atoms with E-state index >= 15 is 0 Å². The summed E-state index contributed by atoms with van der Waals surface area (Å²) in [6.07, 6.45) is 1.70. The number of amides is 2. The molecule has 1 aliphatic heterocycles. The van der Waals surface area contributed by atoms with Crippen molar-refractivity contribution >= 4 is 40.1 Å². The van der Waals surface area contributed by atoms with Gasteiger partial charge in [0.2, 0.25) is 11.8 Å². The van der Waals surface area contributed by atoms with E-state index in [-0.39, 0.29) is 24.9 Å². The highest BCUT2D eigenvalue weighted by Gasteiger charge is 2.26. The number of carbonyl (C=O) groups is 2. The first kappa shape index (κ1) is 14.2. The van der Waals surface area contributed by atoms with Crippen molar-refractivity contribution in [2.75, 3.05) is 38.1 Å². The highest BCUT2D eigenvalue weighted by Crippen LogP contribution is 2.16. The topological polar surface area (TPSA) is 65.5 Å². The summed E-state index contributed by atoms with van der Waals surface area (Å²) in [6.45, 7) is 1.80. The van der Waals surface area contributed by atoms with Crippen molar-refractivity contribution in [3.05, 3.63) is 22.0 Å². The van der Waals surface area contributed by atoms with Gasteiger partial charge in [0.15, 0.2) is 0 Å². The summed E-state index contributed by atoms with van der Waals surface area (Å²) in [5.74, 6) is -0.0738. The van der Waals surface area contributed by atoms with Gasteiger partial charge in [0.25, 0.3) is 0 Å². The molecule has 1 saturated heterocycles. The van der Waals surface area contributed by atoms with Gasteiger partial charge in [-0.05, 0) is 34.7 Å². The number of carbonyl (C=O) groups excluding carboxylic acids is 2. The second-order valence-electron chi connectivity index (χ2n) is 4.27. The molecule has 1 aromatic heterocycles. The van der Waals surface area contributed by atoms with Gasteiger partial charge in [0.1, 0.15) is 3.70 Å². The molecule has 0 bridgehead atoms. The number of hydrogen-bond acceptors (Lipinski definition) is 4. The number of nitrogens with one attached hydrogen (secondary N) is 1. The summed E-state index contributed by atoms with van der Waals surface area (Å²) in [5.41, 5.74) is 0.810. The number of aromatic nitrogens is 1. The third-order valence-electron chi connectivity index (χ3n) is 2.97. The van der Waals surface area contributed by atoms with E-state index in [1.54, 1.807) is 18.1 Å². The number of nitrogens with zero attached hydrogens (tertiary/aromatic N) is 3. The van der Waals surface area contributed by atoms with Crippen molar-refractivity contribution in [2.24, 2.45) is 0 Å². The summed E-state index contributed by atoms with van der Waals surface area (Å²) in [6, 6.07) is 3.77. The monoisotopic (exact) mass is 374 g/mol. The van der Waals surface area contributed by atoms with Gasteiger partial charge in [-0.1, -0.05) is 0 Å². The molecule has 2 heterocycles. The van der Waals surface area contributed by atoms with Gasteiger partial charge in [-0.15, -0.1) is 0 Å². The Labute approximate surface area is 125 Å². The lowest BCUT2D eigenvalue weighted by atomic mass is 10.2. The zero-order chi connectivity index (χ0) is 13.8. The van der Waals surface area contributed by atoms with Crippen LogP contribution in [-0.4, -0.2) is 54.9 Å². The van der Waals surface area contributed by atoms with Crippen LogP contribution >= 0.6 is 22.6 Å². The highest BCUT2D eigenvalue weighted by molar-refractivity contribution is 14.1.